The Bertz CT molecular complexity index is 373. The second-order valence-electron chi connectivity index (χ2n) is 7.83. The molecule has 126 valence electrons. The number of amides is 1. The molecular formula is C20H35NO. The molecule has 0 aliphatic heterocycles. The molecule has 2 heteroatoms. The lowest BCUT2D eigenvalue weighted by Gasteiger charge is -2.40. The summed E-state index contributed by atoms with van der Waals surface area (Å²) in [6, 6.07) is 0.442. The second-order valence-corrected chi connectivity index (χ2v) is 7.83. The van der Waals surface area contributed by atoms with Gasteiger partial charge in [0.2, 0.25) is 5.91 Å². The molecule has 2 nitrogen and oxygen atoms in total. The number of carbonyl (C=O) groups is 1. The average molecular weight is 306 g/mol. The van der Waals surface area contributed by atoms with Crippen molar-refractivity contribution in [1.82, 2.24) is 4.90 Å². The molecule has 0 unspecified atom stereocenters. The normalized spacial score (nSPS) is 32.5. The number of hydrogen-bond donors (Lipinski definition) is 0. The summed E-state index contributed by atoms with van der Waals surface area (Å²) in [4.78, 5) is 14.0. The summed E-state index contributed by atoms with van der Waals surface area (Å²) in [6.07, 6.45) is 13.7. The van der Waals surface area contributed by atoms with Crippen LogP contribution in [0.25, 0.3) is 0 Å². The van der Waals surface area contributed by atoms with E-state index in [1.165, 1.54) is 64.2 Å². The molecule has 0 bridgehead atoms. The lowest BCUT2D eigenvalue weighted by Crippen LogP contribution is -2.40. The van der Waals surface area contributed by atoms with Crippen molar-refractivity contribution in [3.63, 3.8) is 0 Å². The molecule has 0 aromatic carbocycles. The van der Waals surface area contributed by atoms with Gasteiger partial charge in [0.25, 0.3) is 0 Å². The maximum atomic E-state index is 12.0. The first kappa shape index (κ1) is 17.6. The zero-order valence-electron chi connectivity index (χ0n) is 14.9. The summed E-state index contributed by atoms with van der Waals surface area (Å²) in [5.74, 6) is 3.03. The minimum Gasteiger partial charge on any atom is -0.339 e. The topological polar surface area (TPSA) is 20.3 Å². The van der Waals surface area contributed by atoms with Gasteiger partial charge in [-0.15, -0.1) is 0 Å². The zero-order chi connectivity index (χ0) is 16.1. The van der Waals surface area contributed by atoms with E-state index in [0.717, 1.165) is 17.8 Å². The minimum absolute atomic E-state index is 0.128. The number of hydrogen-bond acceptors (Lipinski definition) is 1. The standard InChI is InChI=1S/C20H35NO/c1-5-6-16-7-9-17(10-8-16)18-11-13-19(14-12-18)21(4)20(22)15(2)3/h16-19H,2,5-14H2,1,3-4H3. The first-order valence-corrected chi connectivity index (χ1v) is 9.45. The minimum atomic E-state index is 0.128. The SMILES string of the molecule is C=C(C)C(=O)N(C)C1CCC(C2CCC(CCC)CC2)CC1. The molecule has 0 aromatic heterocycles. The van der Waals surface area contributed by atoms with Crippen LogP contribution in [0.5, 0.6) is 0 Å². The summed E-state index contributed by atoms with van der Waals surface area (Å²) in [5, 5.41) is 0. The third kappa shape index (κ3) is 4.36. The fourth-order valence-corrected chi connectivity index (χ4v) is 4.78. The summed E-state index contributed by atoms with van der Waals surface area (Å²) in [5.41, 5.74) is 0.666. The fraction of sp³-hybridized carbons (Fsp3) is 0.850. The monoisotopic (exact) mass is 305 g/mol. The Morgan fingerprint density at radius 1 is 1.00 bits per heavy atom. The average Bonchev–Trinajstić information content (AvgIpc) is 2.54. The molecule has 0 radical (unpaired) electrons. The van der Waals surface area contributed by atoms with Gasteiger partial charge in [-0.2, -0.15) is 0 Å². The molecule has 2 aliphatic rings. The summed E-state index contributed by atoms with van der Waals surface area (Å²) >= 11 is 0. The molecule has 2 rings (SSSR count). The van der Waals surface area contributed by atoms with Crippen molar-refractivity contribution in [3.8, 4) is 0 Å². The van der Waals surface area contributed by atoms with Crippen LogP contribution in [0.3, 0.4) is 0 Å². The highest BCUT2D eigenvalue weighted by Gasteiger charge is 2.32. The van der Waals surface area contributed by atoms with Crippen molar-refractivity contribution in [3.05, 3.63) is 12.2 Å². The van der Waals surface area contributed by atoms with Crippen molar-refractivity contribution in [2.45, 2.75) is 84.1 Å². The van der Waals surface area contributed by atoms with Crippen molar-refractivity contribution in [1.29, 1.82) is 0 Å². The van der Waals surface area contributed by atoms with Crippen LogP contribution in [0.2, 0.25) is 0 Å². The van der Waals surface area contributed by atoms with Crippen LogP contribution in [0, 0.1) is 17.8 Å². The van der Waals surface area contributed by atoms with Crippen molar-refractivity contribution >= 4 is 5.91 Å². The Morgan fingerprint density at radius 2 is 1.50 bits per heavy atom. The number of carbonyl (C=O) groups excluding carboxylic acids is 1. The predicted octanol–water partition coefficient (Wildman–Crippen LogP) is 5.19. The van der Waals surface area contributed by atoms with Crippen LogP contribution in [-0.4, -0.2) is 23.9 Å². The van der Waals surface area contributed by atoms with Crippen molar-refractivity contribution in [2.24, 2.45) is 17.8 Å². The molecule has 0 atom stereocenters. The molecule has 0 spiro atoms. The molecule has 0 aromatic rings. The Morgan fingerprint density at radius 3 is 1.95 bits per heavy atom. The summed E-state index contributed by atoms with van der Waals surface area (Å²) in [6.45, 7) is 7.92. The van der Waals surface area contributed by atoms with Gasteiger partial charge in [0.05, 0.1) is 0 Å². The van der Waals surface area contributed by atoms with E-state index in [0.29, 0.717) is 11.6 Å². The quantitative estimate of drug-likeness (QED) is 0.640. The Labute approximate surface area is 137 Å². The molecule has 2 saturated carbocycles. The van der Waals surface area contributed by atoms with Crippen LogP contribution < -0.4 is 0 Å². The van der Waals surface area contributed by atoms with Gasteiger partial charge in [-0.25, -0.2) is 0 Å². The van der Waals surface area contributed by atoms with Gasteiger partial charge >= 0.3 is 0 Å². The molecule has 0 N–H and O–H groups in total. The first-order valence-electron chi connectivity index (χ1n) is 9.45. The highest BCUT2D eigenvalue weighted by molar-refractivity contribution is 5.92. The second kappa shape index (κ2) is 8.17. The third-order valence-corrected chi connectivity index (χ3v) is 6.23. The van der Waals surface area contributed by atoms with E-state index in [4.69, 9.17) is 0 Å². The molecule has 0 heterocycles. The molecule has 22 heavy (non-hydrogen) atoms. The van der Waals surface area contributed by atoms with Gasteiger partial charge in [0.1, 0.15) is 0 Å². The molecule has 1 amide bonds. The Kier molecular flexibility index (Phi) is 6.52. The summed E-state index contributed by atoms with van der Waals surface area (Å²) < 4.78 is 0. The maximum absolute atomic E-state index is 12.0. The van der Waals surface area contributed by atoms with Gasteiger partial charge in [-0.3, -0.25) is 4.79 Å². The van der Waals surface area contributed by atoms with Crippen molar-refractivity contribution in [2.75, 3.05) is 7.05 Å². The van der Waals surface area contributed by atoms with E-state index in [9.17, 15) is 4.79 Å². The van der Waals surface area contributed by atoms with Crippen LogP contribution in [0.15, 0.2) is 12.2 Å². The van der Waals surface area contributed by atoms with E-state index < -0.39 is 0 Å². The Hall–Kier alpha value is -0.790. The Balaban J connectivity index is 1.76. The van der Waals surface area contributed by atoms with Gasteiger partial charge < -0.3 is 4.90 Å². The highest BCUT2D eigenvalue weighted by Crippen LogP contribution is 2.41. The van der Waals surface area contributed by atoms with E-state index in [-0.39, 0.29) is 5.91 Å². The number of likely N-dealkylation sites (N-methyl/N-ethyl adjacent to an activating group) is 1. The van der Waals surface area contributed by atoms with Gasteiger partial charge in [-0.05, 0) is 63.2 Å². The van der Waals surface area contributed by atoms with Crippen LogP contribution >= 0.6 is 0 Å². The maximum Gasteiger partial charge on any atom is 0.248 e. The van der Waals surface area contributed by atoms with E-state index in [2.05, 4.69) is 13.5 Å². The molecule has 0 saturated heterocycles. The number of rotatable bonds is 5. The van der Waals surface area contributed by atoms with E-state index in [1.807, 2.05) is 18.9 Å². The van der Waals surface area contributed by atoms with Gasteiger partial charge in [-0.1, -0.05) is 39.2 Å². The van der Waals surface area contributed by atoms with E-state index in [1.54, 1.807) is 0 Å². The fourth-order valence-electron chi connectivity index (χ4n) is 4.78. The summed E-state index contributed by atoms with van der Waals surface area (Å²) in [7, 11) is 1.96. The van der Waals surface area contributed by atoms with Crippen LogP contribution in [0.4, 0.5) is 0 Å². The van der Waals surface area contributed by atoms with Gasteiger partial charge in [0.15, 0.2) is 0 Å². The van der Waals surface area contributed by atoms with E-state index >= 15 is 0 Å². The van der Waals surface area contributed by atoms with Crippen LogP contribution in [-0.2, 0) is 4.79 Å². The van der Waals surface area contributed by atoms with Crippen LogP contribution in [0.1, 0.15) is 78.1 Å². The highest BCUT2D eigenvalue weighted by atomic mass is 16.2. The van der Waals surface area contributed by atoms with Gasteiger partial charge in [0, 0.05) is 18.7 Å². The lowest BCUT2D eigenvalue weighted by atomic mass is 9.69. The third-order valence-electron chi connectivity index (χ3n) is 6.23. The molecule has 2 fully saturated rings. The number of nitrogens with zero attached hydrogens (tertiary/aromatic N) is 1. The molecule has 2 aliphatic carbocycles. The smallest absolute Gasteiger partial charge is 0.248 e. The zero-order valence-corrected chi connectivity index (χ0v) is 14.9. The molecular weight excluding hydrogens is 270 g/mol. The van der Waals surface area contributed by atoms with Crippen molar-refractivity contribution < 1.29 is 4.79 Å². The predicted molar refractivity (Wildman–Crippen MR) is 93.7 cm³/mol. The largest absolute Gasteiger partial charge is 0.339 e. The first-order chi connectivity index (χ1) is 10.5. The lowest BCUT2D eigenvalue weighted by molar-refractivity contribution is -0.128.